The SMILES string of the molecule is C#CC(C)(C)C(C(=C)C)C(=C)C(Cl)=CC. The van der Waals surface area contributed by atoms with Gasteiger partial charge in [0.05, 0.1) is 0 Å². The average Bonchev–Trinajstić information content (AvgIpc) is 2.15. The van der Waals surface area contributed by atoms with Gasteiger partial charge in [-0.25, -0.2) is 0 Å². The van der Waals surface area contributed by atoms with E-state index in [2.05, 4.69) is 19.1 Å². The quantitative estimate of drug-likeness (QED) is 0.372. The van der Waals surface area contributed by atoms with Crippen LogP contribution in [0, 0.1) is 23.7 Å². The molecular formula is C14H19Cl. The summed E-state index contributed by atoms with van der Waals surface area (Å²) >= 11 is 6.07. The molecule has 0 aromatic heterocycles. The van der Waals surface area contributed by atoms with Gasteiger partial charge in [-0.15, -0.1) is 6.42 Å². The van der Waals surface area contributed by atoms with Crippen molar-refractivity contribution in [3.8, 4) is 12.3 Å². The molecule has 0 aliphatic heterocycles. The molecule has 1 heteroatoms. The topological polar surface area (TPSA) is 0 Å². The molecule has 0 spiro atoms. The van der Waals surface area contributed by atoms with Crippen molar-refractivity contribution in [2.45, 2.75) is 27.7 Å². The van der Waals surface area contributed by atoms with Crippen LogP contribution in [0.2, 0.25) is 0 Å². The van der Waals surface area contributed by atoms with E-state index in [0.29, 0.717) is 5.03 Å². The van der Waals surface area contributed by atoms with Crippen molar-refractivity contribution in [3.63, 3.8) is 0 Å². The van der Waals surface area contributed by atoms with E-state index >= 15 is 0 Å². The lowest BCUT2D eigenvalue weighted by Gasteiger charge is -2.31. The van der Waals surface area contributed by atoms with Gasteiger partial charge in [0, 0.05) is 16.4 Å². The molecule has 0 bridgehead atoms. The minimum Gasteiger partial charge on any atom is -0.120 e. The molecule has 0 aromatic rings. The second-order valence-electron chi connectivity index (χ2n) is 4.31. The lowest BCUT2D eigenvalue weighted by molar-refractivity contribution is 0.394. The van der Waals surface area contributed by atoms with Gasteiger partial charge in [0.15, 0.2) is 0 Å². The first-order valence-electron chi connectivity index (χ1n) is 4.92. The summed E-state index contributed by atoms with van der Waals surface area (Å²) in [6.07, 6.45) is 7.36. The average molecular weight is 223 g/mol. The maximum Gasteiger partial charge on any atom is 0.0396 e. The van der Waals surface area contributed by atoms with Crippen molar-refractivity contribution in [2.75, 3.05) is 0 Å². The Morgan fingerprint density at radius 2 is 1.93 bits per heavy atom. The molecule has 0 nitrogen and oxygen atoms in total. The highest BCUT2D eigenvalue weighted by Gasteiger charge is 2.31. The van der Waals surface area contributed by atoms with Gasteiger partial charge in [0.25, 0.3) is 0 Å². The molecule has 1 unspecified atom stereocenters. The van der Waals surface area contributed by atoms with E-state index in [9.17, 15) is 0 Å². The summed E-state index contributed by atoms with van der Waals surface area (Å²) in [6.45, 7) is 15.8. The number of allylic oxidation sites excluding steroid dienone is 4. The molecule has 15 heavy (non-hydrogen) atoms. The van der Waals surface area contributed by atoms with Crippen LogP contribution in [0.1, 0.15) is 27.7 Å². The Balaban J connectivity index is 5.29. The van der Waals surface area contributed by atoms with Crippen LogP contribution in [-0.2, 0) is 0 Å². The van der Waals surface area contributed by atoms with Crippen molar-refractivity contribution in [2.24, 2.45) is 11.3 Å². The first kappa shape index (κ1) is 14.1. The molecule has 82 valence electrons. The van der Waals surface area contributed by atoms with E-state index in [1.807, 2.05) is 33.8 Å². The van der Waals surface area contributed by atoms with Crippen LogP contribution in [0.25, 0.3) is 0 Å². The van der Waals surface area contributed by atoms with Crippen LogP contribution in [0.4, 0.5) is 0 Å². The monoisotopic (exact) mass is 222 g/mol. The summed E-state index contributed by atoms with van der Waals surface area (Å²) in [5, 5.41) is 0.659. The second-order valence-corrected chi connectivity index (χ2v) is 4.71. The summed E-state index contributed by atoms with van der Waals surface area (Å²) in [6, 6.07) is 0. The van der Waals surface area contributed by atoms with E-state index in [1.165, 1.54) is 0 Å². The zero-order valence-electron chi connectivity index (χ0n) is 10.0. The first-order valence-corrected chi connectivity index (χ1v) is 5.29. The van der Waals surface area contributed by atoms with Gasteiger partial charge in [-0.1, -0.05) is 42.3 Å². The van der Waals surface area contributed by atoms with E-state index in [0.717, 1.165) is 11.1 Å². The molecule has 0 radical (unpaired) electrons. The molecular weight excluding hydrogens is 204 g/mol. The Kier molecular flexibility index (Phi) is 4.91. The van der Waals surface area contributed by atoms with Gasteiger partial charge in [-0.05, 0) is 33.3 Å². The molecule has 0 amide bonds. The van der Waals surface area contributed by atoms with Crippen LogP contribution in [-0.4, -0.2) is 0 Å². The molecule has 0 fully saturated rings. The zero-order valence-corrected chi connectivity index (χ0v) is 10.8. The third-order valence-corrected chi connectivity index (χ3v) is 2.96. The van der Waals surface area contributed by atoms with Gasteiger partial charge in [0.1, 0.15) is 0 Å². The summed E-state index contributed by atoms with van der Waals surface area (Å²) in [7, 11) is 0. The number of hydrogen-bond donors (Lipinski definition) is 0. The van der Waals surface area contributed by atoms with E-state index < -0.39 is 0 Å². The molecule has 0 rings (SSSR count). The van der Waals surface area contributed by atoms with Crippen LogP contribution in [0.15, 0.2) is 35.4 Å². The number of rotatable bonds is 4. The number of hydrogen-bond acceptors (Lipinski definition) is 0. The van der Waals surface area contributed by atoms with Gasteiger partial charge < -0.3 is 0 Å². The summed E-state index contributed by atoms with van der Waals surface area (Å²) in [4.78, 5) is 0. The standard InChI is InChI=1S/C14H19Cl/c1-8-12(15)11(5)13(10(3)4)14(6,7)9-2/h2,8,13H,3,5H2,1,4,6-7H3. The summed E-state index contributed by atoms with van der Waals surface area (Å²) in [5.74, 6) is 2.79. The third-order valence-electron chi connectivity index (χ3n) is 2.50. The molecule has 0 aliphatic rings. The lowest BCUT2D eigenvalue weighted by atomic mass is 9.72. The fourth-order valence-electron chi connectivity index (χ4n) is 1.76. The highest BCUT2D eigenvalue weighted by atomic mass is 35.5. The van der Waals surface area contributed by atoms with Crippen molar-refractivity contribution in [3.05, 3.63) is 35.4 Å². The van der Waals surface area contributed by atoms with Gasteiger partial charge in [0.2, 0.25) is 0 Å². The fourth-order valence-corrected chi connectivity index (χ4v) is 1.86. The van der Waals surface area contributed by atoms with Crippen LogP contribution >= 0.6 is 11.6 Å². The Morgan fingerprint density at radius 1 is 1.47 bits per heavy atom. The maximum absolute atomic E-state index is 6.07. The zero-order chi connectivity index (χ0) is 12.2. The van der Waals surface area contributed by atoms with Crippen molar-refractivity contribution in [1.29, 1.82) is 0 Å². The van der Waals surface area contributed by atoms with Crippen LogP contribution in [0.5, 0.6) is 0 Å². The van der Waals surface area contributed by atoms with Crippen molar-refractivity contribution < 1.29 is 0 Å². The Hall–Kier alpha value is -0.930. The minimum absolute atomic E-state index is 0.0196. The number of terminal acetylenes is 1. The predicted octanol–water partition coefficient (Wildman–Crippen LogP) is 4.54. The van der Waals surface area contributed by atoms with Gasteiger partial charge >= 0.3 is 0 Å². The second kappa shape index (κ2) is 5.24. The molecule has 0 N–H and O–H groups in total. The summed E-state index contributed by atoms with van der Waals surface area (Å²) < 4.78 is 0. The van der Waals surface area contributed by atoms with Crippen LogP contribution < -0.4 is 0 Å². The predicted molar refractivity (Wildman–Crippen MR) is 69.7 cm³/mol. The van der Waals surface area contributed by atoms with Crippen LogP contribution in [0.3, 0.4) is 0 Å². The van der Waals surface area contributed by atoms with Crippen molar-refractivity contribution in [1.82, 2.24) is 0 Å². The highest BCUT2D eigenvalue weighted by Crippen LogP contribution is 2.39. The number of halogens is 1. The van der Waals surface area contributed by atoms with E-state index in [-0.39, 0.29) is 11.3 Å². The summed E-state index contributed by atoms with van der Waals surface area (Å²) in [5.41, 5.74) is 1.52. The Bertz CT molecular complexity index is 337. The molecule has 0 aliphatic carbocycles. The lowest BCUT2D eigenvalue weighted by Crippen LogP contribution is -2.24. The molecule has 0 aromatic carbocycles. The highest BCUT2D eigenvalue weighted by molar-refractivity contribution is 6.32. The molecule has 1 atom stereocenters. The minimum atomic E-state index is -0.313. The van der Waals surface area contributed by atoms with E-state index in [1.54, 1.807) is 0 Å². The molecule has 0 saturated carbocycles. The molecule has 0 heterocycles. The smallest absolute Gasteiger partial charge is 0.0396 e. The largest absolute Gasteiger partial charge is 0.120 e. The first-order chi connectivity index (χ1) is 6.77. The fraction of sp³-hybridized carbons (Fsp3) is 0.429. The third kappa shape index (κ3) is 3.29. The van der Waals surface area contributed by atoms with E-state index in [4.69, 9.17) is 18.0 Å². The normalized spacial score (nSPS) is 14.3. The maximum atomic E-state index is 6.07. The Labute approximate surface area is 98.7 Å². The van der Waals surface area contributed by atoms with Crippen molar-refractivity contribution >= 4 is 11.6 Å². The van der Waals surface area contributed by atoms with Gasteiger partial charge in [-0.3, -0.25) is 0 Å². The molecule has 0 saturated heterocycles. The Morgan fingerprint density at radius 3 is 2.20 bits per heavy atom. The van der Waals surface area contributed by atoms with Gasteiger partial charge in [-0.2, -0.15) is 0 Å².